The summed E-state index contributed by atoms with van der Waals surface area (Å²) < 4.78 is 6.81. The van der Waals surface area contributed by atoms with E-state index in [0.717, 1.165) is 20.8 Å². The lowest BCUT2D eigenvalue weighted by atomic mass is 10.2. The molecule has 0 spiro atoms. The van der Waals surface area contributed by atoms with Crippen LogP contribution in [0, 0.1) is 0 Å². The second kappa shape index (κ2) is 8.41. The van der Waals surface area contributed by atoms with Gasteiger partial charge in [-0.2, -0.15) is 0 Å². The quantitative estimate of drug-likeness (QED) is 0.375. The van der Waals surface area contributed by atoms with E-state index in [1.165, 1.54) is 0 Å². The van der Waals surface area contributed by atoms with Crippen LogP contribution in [0.3, 0.4) is 0 Å². The number of halogens is 2. The number of carbonyl (C=O) groups excluding carboxylic acids is 1. The van der Waals surface area contributed by atoms with Crippen molar-refractivity contribution in [2.45, 2.75) is 13.0 Å². The van der Waals surface area contributed by atoms with E-state index in [2.05, 4.69) is 10.3 Å². The van der Waals surface area contributed by atoms with Gasteiger partial charge in [0.1, 0.15) is 10.8 Å². The molecule has 7 heteroatoms. The Morgan fingerprint density at radius 1 is 1.07 bits per heavy atom. The molecule has 1 N–H and O–H groups in total. The summed E-state index contributed by atoms with van der Waals surface area (Å²) in [4.78, 5) is 17.4. The van der Waals surface area contributed by atoms with Crippen LogP contribution in [0.2, 0.25) is 10.0 Å². The lowest BCUT2D eigenvalue weighted by Gasteiger charge is -2.17. The summed E-state index contributed by atoms with van der Waals surface area (Å²) in [6, 6.07) is 20.4. The number of rotatable bonds is 5. The molecule has 1 aromatic heterocycles. The Morgan fingerprint density at radius 3 is 2.62 bits per heavy atom. The number of aromatic nitrogens is 1. The standard InChI is InChI=1S/C22H16Cl2N2O2S/c1-13(28-19-11-10-14(23)12-16(19)24)21(27)25-17-7-3-2-6-15(17)22-26-18-8-4-5-9-20(18)29-22/h2-13H,1H3,(H,25,27). The van der Waals surface area contributed by atoms with Gasteiger partial charge in [-0.15, -0.1) is 11.3 Å². The average molecular weight is 443 g/mol. The Labute approximate surface area is 182 Å². The van der Waals surface area contributed by atoms with E-state index < -0.39 is 6.10 Å². The zero-order chi connectivity index (χ0) is 20.4. The van der Waals surface area contributed by atoms with Crippen LogP contribution < -0.4 is 10.1 Å². The Morgan fingerprint density at radius 2 is 1.83 bits per heavy atom. The molecule has 0 bridgehead atoms. The minimum atomic E-state index is -0.753. The third-order valence-electron chi connectivity index (χ3n) is 4.28. The molecule has 1 unspecified atom stereocenters. The summed E-state index contributed by atoms with van der Waals surface area (Å²) in [5.41, 5.74) is 2.47. The zero-order valence-corrected chi connectivity index (χ0v) is 17.7. The van der Waals surface area contributed by atoms with Crippen molar-refractivity contribution >= 4 is 56.3 Å². The van der Waals surface area contributed by atoms with Crippen LogP contribution in [0.4, 0.5) is 5.69 Å². The highest BCUT2D eigenvalue weighted by Gasteiger charge is 2.19. The summed E-state index contributed by atoms with van der Waals surface area (Å²) in [6.07, 6.45) is -0.753. The van der Waals surface area contributed by atoms with Gasteiger partial charge in [0.15, 0.2) is 6.10 Å². The Hall–Kier alpha value is -2.60. The number of nitrogens with zero attached hydrogens (tertiary/aromatic N) is 1. The summed E-state index contributed by atoms with van der Waals surface area (Å²) in [5.74, 6) is 0.114. The van der Waals surface area contributed by atoms with Crippen LogP contribution in [0.1, 0.15) is 6.92 Å². The van der Waals surface area contributed by atoms with Crippen molar-refractivity contribution in [2.75, 3.05) is 5.32 Å². The Balaban J connectivity index is 1.55. The highest BCUT2D eigenvalue weighted by molar-refractivity contribution is 7.21. The maximum absolute atomic E-state index is 12.7. The predicted octanol–water partition coefficient (Wildman–Crippen LogP) is 6.68. The molecule has 1 amide bonds. The first-order valence-corrected chi connectivity index (χ1v) is 10.5. The maximum atomic E-state index is 12.7. The predicted molar refractivity (Wildman–Crippen MR) is 120 cm³/mol. The van der Waals surface area contributed by atoms with Crippen molar-refractivity contribution in [3.63, 3.8) is 0 Å². The molecule has 0 aliphatic heterocycles. The van der Waals surface area contributed by atoms with Crippen molar-refractivity contribution in [1.82, 2.24) is 4.98 Å². The monoisotopic (exact) mass is 442 g/mol. The molecule has 0 fully saturated rings. The zero-order valence-electron chi connectivity index (χ0n) is 15.4. The number of ether oxygens (including phenoxy) is 1. The topological polar surface area (TPSA) is 51.2 Å². The van der Waals surface area contributed by atoms with Crippen molar-refractivity contribution in [2.24, 2.45) is 0 Å². The lowest BCUT2D eigenvalue weighted by Crippen LogP contribution is -2.30. The number of fused-ring (bicyclic) bond motifs is 1. The molecule has 1 heterocycles. The smallest absolute Gasteiger partial charge is 0.265 e. The van der Waals surface area contributed by atoms with Crippen molar-refractivity contribution in [1.29, 1.82) is 0 Å². The molecule has 0 aliphatic carbocycles. The van der Waals surface area contributed by atoms with Crippen molar-refractivity contribution < 1.29 is 9.53 Å². The maximum Gasteiger partial charge on any atom is 0.265 e. The number of nitrogens with one attached hydrogen (secondary N) is 1. The molecule has 4 rings (SSSR count). The summed E-state index contributed by atoms with van der Waals surface area (Å²) >= 11 is 13.6. The van der Waals surface area contributed by atoms with E-state index in [1.807, 2.05) is 48.5 Å². The van der Waals surface area contributed by atoms with Gasteiger partial charge >= 0.3 is 0 Å². The van der Waals surface area contributed by atoms with Gasteiger partial charge in [-0.05, 0) is 49.4 Å². The van der Waals surface area contributed by atoms with E-state index in [9.17, 15) is 4.79 Å². The fraction of sp³-hybridized carbons (Fsp3) is 0.0909. The minimum Gasteiger partial charge on any atom is -0.479 e. The van der Waals surface area contributed by atoms with Crippen LogP contribution in [0.25, 0.3) is 20.8 Å². The fourth-order valence-electron chi connectivity index (χ4n) is 2.82. The number of carbonyl (C=O) groups is 1. The lowest BCUT2D eigenvalue weighted by molar-refractivity contribution is -0.122. The average Bonchev–Trinajstić information content (AvgIpc) is 3.14. The van der Waals surface area contributed by atoms with E-state index in [4.69, 9.17) is 27.9 Å². The number of para-hydroxylation sites is 2. The highest BCUT2D eigenvalue weighted by atomic mass is 35.5. The molecule has 0 radical (unpaired) electrons. The summed E-state index contributed by atoms with van der Waals surface area (Å²) in [6.45, 7) is 1.67. The van der Waals surface area contributed by atoms with Gasteiger partial charge in [0.25, 0.3) is 5.91 Å². The van der Waals surface area contributed by atoms with E-state index in [1.54, 1.807) is 36.5 Å². The summed E-state index contributed by atoms with van der Waals surface area (Å²) in [7, 11) is 0. The molecule has 4 nitrogen and oxygen atoms in total. The number of anilines is 1. The molecule has 146 valence electrons. The molecule has 0 saturated heterocycles. The second-order valence-electron chi connectivity index (χ2n) is 6.36. The van der Waals surface area contributed by atoms with Crippen molar-refractivity contribution in [3.8, 4) is 16.3 Å². The molecule has 4 aromatic rings. The van der Waals surface area contributed by atoms with Gasteiger partial charge in [0.2, 0.25) is 0 Å². The van der Waals surface area contributed by atoms with Gasteiger partial charge < -0.3 is 10.1 Å². The Bertz CT molecular complexity index is 1160. The molecular weight excluding hydrogens is 427 g/mol. The van der Waals surface area contributed by atoms with Gasteiger partial charge in [-0.3, -0.25) is 4.79 Å². The third-order valence-corrected chi connectivity index (χ3v) is 5.88. The van der Waals surface area contributed by atoms with Gasteiger partial charge in [-0.25, -0.2) is 4.98 Å². The highest BCUT2D eigenvalue weighted by Crippen LogP contribution is 2.34. The third kappa shape index (κ3) is 4.37. The Kier molecular flexibility index (Phi) is 5.72. The van der Waals surface area contributed by atoms with Crippen LogP contribution in [0.15, 0.2) is 66.7 Å². The number of thiazole rings is 1. The van der Waals surface area contributed by atoms with E-state index >= 15 is 0 Å². The van der Waals surface area contributed by atoms with Crippen LogP contribution in [0.5, 0.6) is 5.75 Å². The number of benzene rings is 3. The number of amides is 1. The van der Waals surface area contributed by atoms with E-state index in [-0.39, 0.29) is 5.91 Å². The molecule has 0 aliphatic rings. The first kappa shape index (κ1) is 19.7. The fourth-order valence-corrected chi connectivity index (χ4v) is 4.27. The van der Waals surface area contributed by atoms with Gasteiger partial charge in [0, 0.05) is 10.6 Å². The van der Waals surface area contributed by atoms with Crippen LogP contribution in [-0.2, 0) is 4.79 Å². The number of hydrogen-bond acceptors (Lipinski definition) is 4. The van der Waals surface area contributed by atoms with Crippen LogP contribution in [-0.4, -0.2) is 17.0 Å². The molecule has 29 heavy (non-hydrogen) atoms. The SMILES string of the molecule is CC(Oc1ccc(Cl)cc1Cl)C(=O)Nc1ccccc1-c1nc2ccccc2s1. The molecule has 3 aromatic carbocycles. The molecular formula is C22H16Cl2N2O2S. The largest absolute Gasteiger partial charge is 0.479 e. The van der Waals surface area contributed by atoms with Crippen LogP contribution >= 0.6 is 34.5 Å². The minimum absolute atomic E-state index is 0.287. The summed E-state index contributed by atoms with van der Waals surface area (Å²) in [5, 5.41) is 4.64. The first-order chi connectivity index (χ1) is 14.0. The normalized spacial score (nSPS) is 12.0. The molecule has 1 atom stereocenters. The van der Waals surface area contributed by atoms with Gasteiger partial charge in [-0.1, -0.05) is 47.5 Å². The van der Waals surface area contributed by atoms with E-state index in [0.29, 0.717) is 21.5 Å². The first-order valence-electron chi connectivity index (χ1n) is 8.89. The second-order valence-corrected chi connectivity index (χ2v) is 8.23. The van der Waals surface area contributed by atoms with Crippen molar-refractivity contribution in [3.05, 3.63) is 76.8 Å². The van der Waals surface area contributed by atoms with Gasteiger partial charge in [0.05, 0.1) is 20.9 Å². The number of hydrogen-bond donors (Lipinski definition) is 1. The molecule has 0 saturated carbocycles.